The quantitative estimate of drug-likeness (QED) is 0.508. The van der Waals surface area contributed by atoms with E-state index in [1.165, 1.54) is 7.11 Å². The first kappa shape index (κ1) is 9.03. The Morgan fingerprint density at radius 3 is 2.58 bits per heavy atom. The van der Waals surface area contributed by atoms with Crippen molar-refractivity contribution >= 4 is 12.2 Å². The van der Waals surface area contributed by atoms with E-state index >= 15 is 0 Å². The van der Waals surface area contributed by atoms with Gasteiger partial charge in [-0.15, -0.1) is 0 Å². The Balaban J connectivity index is 2.60. The summed E-state index contributed by atoms with van der Waals surface area (Å²) in [6.07, 6.45) is 1.57. The van der Waals surface area contributed by atoms with E-state index in [1.54, 1.807) is 6.21 Å². The van der Waals surface area contributed by atoms with Gasteiger partial charge in [-0.3, -0.25) is 4.79 Å². The van der Waals surface area contributed by atoms with Gasteiger partial charge in [0.05, 0.1) is 5.92 Å². The topological polar surface area (TPSA) is 58.9 Å². The predicted octanol–water partition coefficient (Wildman–Crippen LogP) is 0.975. The van der Waals surface area contributed by atoms with Crippen LogP contribution in [-0.2, 0) is 9.63 Å². The SMILES string of the molecule is CO/N=C/C1[C@@H](C(=O)O)C1(C)C. The number of carboxylic acid groups (broad SMARTS) is 1. The summed E-state index contributed by atoms with van der Waals surface area (Å²) in [7, 11) is 1.45. The lowest BCUT2D eigenvalue weighted by Gasteiger charge is -1.95. The first-order valence-corrected chi connectivity index (χ1v) is 3.81. The number of aliphatic carboxylic acids is 1. The summed E-state index contributed by atoms with van der Waals surface area (Å²) in [6, 6.07) is 0. The second-order valence-electron chi connectivity index (χ2n) is 3.60. The molecule has 1 rings (SSSR count). The van der Waals surface area contributed by atoms with Crippen molar-refractivity contribution in [1.29, 1.82) is 0 Å². The molecule has 0 heterocycles. The van der Waals surface area contributed by atoms with Crippen molar-refractivity contribution < 1.29 is 14.7 Å². The van der Waals surface area contributed by atoms with E-state index in [0.717, 1.165) is 0 Å². The van der Waals surface area contributed by atoms with Crippen LogP contribution in [-0.4, -0.2) is 24.4 Å². The van der Waals surface area contributed by atoms with Gasteiger partial charge in [0.2, 0.25) is 0 Å². The van der Waals surface area contributed by atoms with Crippen molar-refractivity contribution in [2.45, 2.75) is 13.8 Å². The zero-order valence-electron chi connectivity index (χ0n) is 7.44. The van der Waals surface area contributed by atoms with Gasteiger partial charge in [0.15, 0.2) is 0 Å². The predicted molar refractivity (Wildman–Crippen MR) is 43.9 cm³/mol. The van der Waals surface area contributed by atoms with Crippen LogP contribution in [0.15, 0.2) is 5.16 Å². The molecule has 0 aromatic rings. The van der Waals surface area contributed by atoms with Crippen LogP contribution in [0.1, 0.15) is 13.8 Å². The van der Waals surface area contributed by atoms with Crippen molar-refractivity contribution in [1.82, 2.24) is 0 Å². The molecule has 4 nitrogen and oxygen atoms in total. The molecule has 1 aliphatic carbocycles. The maximum atomic E-state index is 10.6. The molecule has 0 bridgehead atoms. The first-order chi connectivity index (χ1) is 5.51. The Bertz CT molecular complexity index is 222. The van der Waals surface area contributed by atoms with E-state index in [4.69, 9.17) is 5.11 Å². The highest BCUT2D eigenvalue weighted by Gasteiger charge is 2.61. The number of nitrogens with zero attached hydrogens (tertiary/aromatic N) is 1. The minimum absolute atomic E-state index is 0.00921. The summed E-state index contributed by atoms with van der Waals surface area (Å²) < 4.78 is 0. The van der Waals surface area contributed by atoms with E-state index in [0.29, 0.717) is 0 Å². The number of hydrogen-bond donors (Lipinski definition) is 1. The highest BCUT2D eigenvalue weighted by Crippen LogP contribution is 2.57. The minimum Gasteiger partial charge on any atom is -0.481 e. The van der Waals surface area contributed by atoms with Crippen molar-refractivity contribution in [2.24, 2.45) is 22.4 Å². The van der Waals surface area contributed by atoms with Crippen molar-refractivity contribution in [3.63, 3.8) is 0 Å². The second-order valence-corrected chi connectivity index (χ2v) is 3.60. The van der Waals surface area contributed by atoms with Gasteiger partial charge in [0.1, 0.15) is 7.11 Å². The fourth-order valence-corrected chi connectivity index (χ4v) is 1.55. The summed E-state index contributed by atoms with van der Waals surface area (Å²) in [5.74, 6) is -1.06. The lowest BCUT2D eigenvalue weighted by atomic mass is 10.1. The van der Waals surface area contributed by atoms with Gasteiger partial charge < -0.3 is 9.94 Å². The second kappa shape index (κ2) is 2.77. The van der Waals surface area contributed by atoms with Crippen molar-refractivity contribution in [2.75, 3.05) is 7.11 Å². The van der Waals surface area contributed by atoms with Gasteiger partial charge in [0, 0.05) is 12.1 Å². The standard InChI is InChI=1S/C8H13NO3/c1-8(2)5(4-9-12-3)6(8)7(10)11/h4-6H,1-3H3,(H,10,11)/b9-4+/t5?,6-/m0/s1. The number of hydrogen-bond acceptors (Lipinski definition) is 3. The Hall–Kier alpha value is -1.06. The average Bonchev–Trinajstić information content (AvgIpc) is 2.49. The molecule has 2 atom stereocenters. The van der Waals surface area contributed by atoms with Gasteiger partial charge in [-0.2, -0.15) is 0 Å². The van der Waals surface area contributed by atoms with E-state index in [1.807, 2.05) is 13.8 Å². The molecule has 0 radical (unpaired) electrons. The molecular weight excluding hydrogens is 158 g/mol. The van der Waals surface area contributed by atoms with Crippen LogP contribution in [0.4, 0.5) is 0 Å². The molecule has 1 N–H and O–H groups in total. The average molecular weight is 171 g/mol. The monoisotopic (exact) mass is 171 g/mol. The molecule has 68 valence electrons. The fourth-order valence-electron chi connectivity index (χ4n) is 1.55. The van der Waals surface area contributed by atoms with Gasteiger partial charge in [0.25, 0.3) is 0 Å². The molecule has 4 heteroatoms. The molecule has 1 saturated carbocycles. The number of carboxylic acids is 1. The third-order valence-electron chi connectivity index (χ3n) is 2.50. The summed E-state index contributed by atoms with van der Waals surface area (Å²) in [4.78, 5) is 15.1. The highest BCUT2D eigenvalue weighted by molar-refractivity contribution is 5.84. The van der Waals surface area contributed by atoms with Gasteiger partial charge in [-0.1, -0.05) is 19.0 Å². The van der Waals surface area contributed by atoms with Crippen LogP contribution in [0.3, 0.4) is 0 Å². The molecule has 0 aliphatic heterocycles. The van der Waals surface area contributed by atoms with Crippen LogP contribution < -0.4 is 0 Å². The normalized spacial score (nSPS) is 31.9. The number of carbonyl (C=O) groups is 1. The molecule has 12 heavy (non-hydrogen) atoms. The smallest absolute Gasteiger partial charge is 0.307 e. The molecule has 0 aromatic carbocycles. The molecule has 1 unspecified atom stereocenters. The van der Waals surface area contributed by atoms with E-state index in [2.05, 4.69) is 9.99 Å². The zero-order chi connectivity index (χ0) is 9.35. The number of oxime groups is 1. The molecule has 0 saturated heterocycles. The third kappa shape index (κ3) is 1.29. The van der Waals surface area contributed by atoms with E-state index in [9.17, 15) is 4.79 Å². The lowest BCUT2D eigenvalue weighted by molar-refractivity contribution is -0.139. The van der Waals surface area contributed by atoms with E-state index in [-0.39, 0.29) is 17.3 Å². The maximum absolute atomic E-state index is 10.6. The van der Waals surface area contributed by atoms with Gasteiger partial charge in [-0.05, 0) is 5.41 Å². The van der Waals surface area contributed by atoms with Gasteiger partial charge >= 0.3 is 5.97 Å². The number of rotatable bonds is 3. The fraction of sp³-hybridized carbons (Fsp3) is 0.750. The molecule has 0 spiro atoms. The Kier molecular flexibility index (Phi) is 2.08. The van der Waals surface area contributed by atoms with Crippen LogP contribution >= 0.6 is 0 Å². The third-order valence-corrected chi connectivity index (χ3v) is 2.50. The largest absolute Gasteiger partial charge is 0.481 e. The Morgan fingerprint density at radius 2 is 2.25 bits per heavy atom. The van der Waals surface area contributed by atoms with E-state index < -0.39 is 5.97 Å². The van der Waals surface area contributed by atoms with Crippen molar-refractivity contribution in [3.8, 4) is 0 Å². The van der Waals surface area contributed by atoms with Gasteiger partial charge in [-0.25, -0.2) is 0 Å². The zero-order valence-corrected chi connectivity index (χ0v) is 7.44. The maximum Gasteiger partial charge on any atom is 0.307 e. The molecular formula is C8H13NO3. The Labute approximate surface area is 71.2 Å². The molecule has 1 aliphatic rings. The van der Waals surface area contributed by atoms with Crippen LogP contribution in [0, 0.1) is 17.3 Å². The van der Waals surface area contributed by atoms with Crippen LogP contribution in [0.2, 0.25) is 0 Å². The van der Waals surface area contributed by atoms with Crippen LogP contribution in [0.5, 0.6) is 0 Å². The highest BCUT2D eigenvalue weighted by atomic mass is 16.6. The summed E-state index contributed by atoms with van der Waals surface area (Å²) >= 11 is 0. The molecule has 0 amide bonds. The molecule has 0 aromatic heterocycles. The van der Waals surface area contributed by atoms with Crippen LogP contribution in [0.25, 0.3) is 0 Å². The van der Waals surface area contributed by atoms with Crippen molar-refractivity contribution in [3.05, 3.63) is 0 Å². The summed E-state index contributed by atoms with van der Waals surface area (Å²) in [5, 5.41) is 12.3. The molecule has 1 fully saturated rings. The first-order valence-electron chi connectivity index (χ1n) is 3.81. The summed E-state index contributed by atoms with van der Waals surface area (Å²) in [5.41, 5.74) is -0.173. The summed E-state index contributed by atoms with van der Waals surface area (Å²) in [6.45, 7) is 3.83. The Morgan fingerprint density at radius 1 is 1.67 bits per heavy atom. The minimum atomic E-state index is -0.757. The lowest BCUT2D eigenvalue weighted by Crippen LogP contribution is -2.03.